The summed E-state index contributed by atoms with van der Waals surface area (Å²) in [6.07, 6.45) is 1.86. The molecule has 0 bridgehead atoms. The lowest BCUT2D eigenvalue weighted by Gasteiger charge is -2.37. The van der Waals surface area contributed by atoms with Gasteiger partial charge in [0.15, 0.2) is 0 Å². The first-order valence-electron chi connectivity index (χ1n) is 7.34. The van der Waals surface area contributed by atoms with Gasteiger partial charge >= 0.3 is 5.97 Å². The van der Waals surface area contributed by atoms with E-state index >= 15 is 0 Å². The highest BCUT2D eigenvalue weighted by molar-refractivity contribution is 5.75. The highest BCUT2D eigenvalue weighted by Crippen LogP contribution is 2.16. The summed E-state index contributed by atoms with van der Waals surface area (Å²) in [5.41, 5.74) is 0. The van der Waals surface area contributed by atoms with E-state index in [9.17, 15) is 13.6 Å². The molecule has 1 saturated heterocycles. The Labute approximate surface area is 120 Å². The molecule has 4 nitrogen and oxygen atoms in total. The third-order valence-corrected chi connectivity index (χ3v) is 3.54. The van der Waals surface area contributed by atoms with E-state index in [2.05, 4.69) is 0 Å². The molecule has 0 radical (unpaired) electrons. The average molecular weight is 292 g/mol. The molecule has 0 aromatic carbocycles. The van der Waals surface area contributed by atoms with Crippen molar-refractivity contribution < 1.29 is 18.3 Å². The van der Waals surface area contributed by atoms with Crippen molar-refractivity contribution in [2.75, 3.05) is 39.3 Å². The number of rotatable bonds is 7. The normalized spacial score (nSPS) is 19.9. The summed E-state index contributed by atoms with van der Waals surface area (Å²) in [4.78, 5) is 15.6. The summed E-state index contributed by atoms with van der Waals surface area (Å²) in [6, 6.07) is -0.295. The number of unbranched alkanes of at least 4 members (excludes halogenated alkanes) is 1. The van der Waals surface area contributed by atoms with Crippen molar-refractivity contribution in [3.63, 3.8) is 0 Å². The topological polar surface area (TPSA) is 32.8 Å². The SMILES string of the molecule is CCCCOC(=O)C(C)N1CCN(CC(C)(F)F)CC1. The highest BCUT2D eigenvalue weighted by atomic mass is 19.3. The molecule has 1 aliphatic heterocycles. The fraction of sp³-hybridized carbons (Fsp3) is 0.929. The number of hydrogen-bond acceptors (Lipinski definition) is 4. The summed E-state index contributed by atoms with van der Waals surface area (Å²) >= 11 is 0. The molecule has 0 spiro atoms. The lowest BCUT2D eigenvalue weighted by Crippen LogP contribution is -2.53. The molecule has 1 heterocycles. The van der Waals surface area contributed by atoms with Crippen LogP contribution >= 0.6 is 0 Å². The number of nitrogens with zero attached hydrogens (tertiary/aromatic N) is 2. The van der Waals surface area contributed by atoms with Crippen LogP contribution in [0.3, 0.4) is 0 Å². The first-order chi connectivity index (χ1) is 9.33. The van der Waals surface area contributed by atoms with Crippen molar-refractivity contribution in [3.8, 4) is 0 Å². The molecule has 0 aromatic rings. The molecule has 1 aliphatic rings. The van der Waals surface area contributed by atoms with Crippen molar-refractivity contribution in [1.82, 2.24) is 9.80 Å². The maximum absolute atomic E-state index is 12.9. The number of halogens is 2. The van der Waals surface area contributed by atoms with E-state index in [4.69, 9.17) is 4.74 Å². The van der Waals surface area contributed by atoms with Crippen LogP contribution in [0, 0.1) is 0 Å². The van der Waals surface area contributed by atoms with Gasteiger partial charge in [0.25, 0.3) is 5.92 Å². The first-order valence-corrected chi connectivity index (χ1v) is 7.34. The minimum Gasteiger partial charge on any atom is -0.465 e. The molecule has 0 aromatic heterocycles. The Balaban J connectivity index is 2.31. The molecule has 0 amide bonds. The monoisotopic (exact) mass is 292 g/mol. The number of hydrogen-bond donors (Lipinski definition) is 0. The van der Waals surface area contributed by atoms with Gasteiger partial charge in [-0.1, -0.05) is 13.3 Å². The van der Waals surface area contributed by atoms with Gasteiger partial charge in [0.2, 0.25) is 0 Å². The van der Waals surface area contributed by atoms with Crippen LogP contribution in [-0.4, -0.2) is 67.1 Å². The number of carbonyl (C=O) groups is 1. The zero-order chi connectivity index (χ0) is 15.2. The molecular formula is C14H26F2N2O2. The Hall–Kier alpha value is -0.750. The second kappa shape index (κ2) is 7.88. The minimum atomic E-state index is -2.66. The molecule has 1 fully saturated rings. The van der Waals surface area contributed by atoms with Crippen molar-refractivity contribution in [3.05, 3.63) is 0 Å². The highest BCUT2D eigenvalue weighted by Gasteiger charge is 2.30. The fourth-order valence-corrected chi connectivity index (χ4v) is 2.29. The zero-order valence-corrected chi connectivity index (χ0v) is 12.7. The van der Waals surface area contributed by atoms with Crippen LogP contribution in [0.1, 0.15) is 33.6 Å². The molecule has 1 rings (SSSR count). The van der Waals surface area contributed by atoms with Crippen molar-refractivity contribution in [2.24, 2.45) is 0 Å². The smallest absolute Gasteiger partial charge is 0.323 e. The quantitative estimate of drug-likeness (QED) is 0.531. The van der Waals surface area contributed by atoms with Crippen molar-refractivity contribution in [1.29, 1.82) is 0 Å². The van der Waals surface area contributed by atoms with Crippen molar-refractivity contribution in [2.45, 2.75) is 45.6 Å². The van der Waals surface area contributed by atoms with E-state index in [1.807, 2.05) is 18.7 Å². The van der Waals surface area contributed by atoms with Gasteiger partial charge in [-0.05, 0) is 13.3 Å². The van der Waals surface area contributed by atoms with Gasteiger partial charge in [-0.2, -0.15) is 0 Å². The van der Waals surface area contributed by atoms with Gasteiger partial charge in [-0.25, -0.2) is 8.78 Å². The molecule has 1 unspecified atom stereocenters. The van der Waals surface area contributed by atoms with Crippen molar-refractivity contribution >= 4 is 5.97 Å². The van der Waals surface area contributed by atoms with E-state index in [1.54, 1.807) is 4.90 Å². The van der Waals surface area contributed by atoms with E-state index in [0.717, 1.165) is 19.8 Å². The van der Waals surface area contributed by atoms with Gasteiger partial charge in [-0.3, -0.25) is 14.6 Å². The summed E-state index contributed by atoms with van der Waals surface area (Å²) in [7, 11) is 0. The maximum atomic E-state index is 12.9. The minimum absolute atomic E-state index is 0.212. The Morgan fingerprint density at radius 2 is 1.90 bits per heavy atom. The molecule has 0 aliphatic carbocycles. The number of piperazine rings is 1. The lowest BCUT2D eigenvalue weighted by molar-refractivity contribution is -0.150. The lowest BCUT2D eigenvalue weighted by atomic mass is 10.2. The van der Waals surface area contributed by atoms with Crippen LogP contribution in [0.2, 0.25) is 0 Å². The summed E-state index contributed by atoms with van der Waals surface area (Å²) in [5.74, 6) is -2.87. The van der Waals surface area contributed by atoms with Crippen LogP contribution in [0.15, 0.2) is 0 Å². The number of ether oxygens (including phenoxy) is 1. The Morgan fingerprint density at radius 3 is 2.40 bits per heavy atom. The Bertz CT molecular complexity index is 300. The predicted octanol–water partition coefficient (Wildman–Crippen LogP) is 1.99. The van der Waals surface area contributed by atoms with Crippen LogP contribution < -0.4 is 0 Å². The van der Waals surface area contributed by atoms with Gasteiger partial charge in [0.1, 0.15) is 6.04 Å². The standard InChI is InChI=1S/C14H26F2N2O2/c1-4-5-10-20-13(19)12(2)18-8-6-17(7-9-18)11-14(3,15)16/h12H,4-11H2,1-3H3. The molecule has 6 heteroatoms. The van der Waals surface area contributed by atoms with E-state index < -0.39 is 5.92 Å². The van der Waals surface area contributed by atoms with Gasteiger partial charge < -0.3 is 4.74 Å². The number of esters is 1. The van der Waals surface area contributed by atoms with E-state index in [-0.39, 0.29) is 18.6 Å². The van der Waals surface area contributed by atoms with Crippen LogP contribution in [0.4, 0.5) is 8.78 Å². The molecular weight excluding hydrogens is 266 g/mol. The van der Waals surface area contributed by atoms with Gasteiger partial charge in [0.05, 0.1) is 13.2 Å². The third kappa shape index (κ3) is 6.13. The molecule has 0 N–H and O–H groups in total. The van der Waals surface area contributed by atoms with Crippen LogP contribution in [0.25, 0.3) is 0 Å². The van der Waals surface area contributed by atoms with Gasteiger partial charge in [-0.15, -0.1) is 0 Å². The van der Waals surface area contributed by atoms with Gasteiger partial charge in [0, 0.05) is 33.1 Å². The average Bonchev–Trinajstić information content (AvgIpc) is 2.37. The van der Waals surface area contributed by atoms with E-state index in [0.29, 0.717) is 32.8 Å². The second-order valence-corrected chi connectivity index (χ2v) is 5.58. The second-order valence-electron chi connectivity index (χ2n) is 5.58. The Morgan fingerprint density at radius 1 is 1.30 bits per heavy atom. The largest absolute Gasteiger partial charge is 0.465 e. The summed E-state index contributed by atoms with van der Waals surface area (Å²) < 4.78 is 31.1. The number of alkyl halides is 2. The first kappa shape index (κ1) is 17.3. The fourth-order valence-electron chi connectivity index (χ4n) is 2.29. The Kier molecular flexibility index (Phi) is 6.82. The zero-order valence-electron chi connectivity index (χ0n) is 12.7. The summed E-state index contributed by atoms with van der Waals surface area (Å²) in [5, 5.41) is 0. The number of carbonyl (C=O) groups excluding carboxylic acids is 1. The van der Waals surface area contributed by atoms with Crippen LogP contribution in [-0.2, 0) is 9.53 Å². The van der Waals surface area contributed by atoms with Crippen LogP contribution in [0.5, 0.6) is 0 Å². The van der Waals surface area contributed by atoms with E-state index in [1.165, 1.54) is 0 Å². The molecule has 1 atom stereocenters. The summed E-state index contributed by atoms with van der Waals surface area (Å²) in [6.45, 7) is 7.43. The molecule has 0 saturated carbocycles. The predicted molar refractivity (Wildman–Crippen MR) is 74.0 cm³/mol. The molecule has 20 heavy (non-hydrogen) atoms. The molecule has 118 valence electrons. The third-order valence-electron chi connectivity index (χ3n) is 3.54. The maximum Gasteiger partial charge on any atom is 0.323 e.